The zero-order valence-corrected chi connectivity index (χ0v) is 17.0. The van der Waals surface area contributed by atoms with Crippen LogP contribution < -0.4 is 0 Å². The maximum Gasteiger partial charge on any atom is 0.309 e. The molecule has 0 bridgehead atoms. The minimum Gasteiger partial charge on any atom is -0.465 e. The van der Waals surface area contributed by atoms with Gasteiger partial charge in [-0.05, 0) is 38.2 Å². The number of piperidine rings is 1. The van der Waals surface area contributed by atoms with Crippen LogP contribution in [0.4, 0.5) is 0 Å². The minimum atomic E-state index is -0.145. The molecule has 4 rings (SSSR count). The molecule has 2 aromatic rings. The van der Waals surface area contributed by atoms with Gasteiger partial charge in [-0.25, -0.2) is 4.98 Å². The summed E-state index contributed by atoms with van der Waals surface area (Å²) in [5.74, 6) is -0.0978. The molecule has 5 nitrogen and oxygen atoms in total. The summed E-state index contributed by atoms with van der Waals surface area (Å²) < 4.78 is 5.00. The lowest BCUT2D eigenvalue weighted by atomic mass is 9.70. The first-order chi connectivity index (χ1) is 13.6. The van der Waals surface area contributed by atoms with Crippen LogP contribution in [0.3, 0.4) is 0 Å². The molecule has 2 aliphatic heterocycles. The van der Waals surface area contributed by atoms with E-state index in [1.54, 1.807) is 11.3 Å². The highest BCUT2D eigenvalue weighted by molar-refractivity contribution is 7.09. The topological polar surface area (TPSA) is 59.5 Å². The molecule has 0 N–H and O–H groups in total. The predicted octanol–water partition coefficient (Wildman–Crippen LogP) is 3.70. The first-order valence-corrected chi connectivity index (χ1v) is 10.9. The van der Waals surface area contributed by atoms with E-state index in [1.807, 2.05) is 17.9 Å². The smallest absolute Gasteiger partial charge is 0.309 e. The van der Waals surface area contributed by atoms with Crippen molar-refractivity contribution in [3.05, 3.63) is 52.0 Å². The number of esters is 1. The van der Waals surface area contributed by atoms with Crippen molar-refractivity contribution in [3.63, 3.8) is 0 Å². The number of carbonyl (C=O) groups is 2. The first kappa shape index (κ1) is 19.1. The predicted molar refractivity (Wildman–Crippen MR) is 108 cm³/mol. The van der Waals surface area contributed by atoms with Crippen molar-refractivity contribution in [3.8, 4) is 0 Å². The Balaban J connectivity index is 1.45. The van der Waals surface area contributed by atoms with Crippen LogP contribution in [-0.2, 0) is 19.7 Å². The summed E-state index contributed by atoms with van der Waals surface area (Å²) in [4.78, 5) is 31.1. The van der Waals surface area contributed by atoms with Gasteiger partial charge < -0.3 is 9.64 Å². The molecule has 1 atom stereocenters. The van der Waals surface area contributed by atoms with Crippen LogP contribution in [0, 0.1) is 12.8 Å². The van der Waals surface area contributed by atoms with E-state index in [2.05, 4.69) is 29.6 Å². The van der Waals surface area contributed by atoms with Crippen LogP contribution in [0.2, 0.25) is 0 Å². The summed E-state index contributed by atoms with van der Waals surface area (Å²) in [5.41, 5.74) is 2.28. The molecule has 28 heavy (non-hydrogen) atoms. The van der Waals surface area contributed by atoms with Crippen molar-refractivity contribution in [1.29, 1.82) is 0 Å². The average molecular weight is 399 g/mol. The second-order valence-corrected chi connectivity index (χ2v) is 8.83. The van der Waals surface area contributed by atoms with Gasteiger partial charge in [-0.1, -0.05) is 30.3 Å². The molecule has 3 heterocycles. The fraction of sp³-hybridized carbons (Fsp3) is 0.500. The van der Waals surface area contributed by atoms with Crippen molar-refractivity contribution in [2.24, 2.45) is 5.92 Å². The van der Waals surface area contributed by atoms with Crippen LogP contribution in [0.25, 0.3) is 0 Å². The Bertz CT molecular complexity index is 840. The van der Waals surface area contributed by atoms with Gasteiger partial charge in [-0.15, -0.1) is 11.3 Å². The Kier molecular flexibility index (Phi) is 5.49. The first-order valence-electron chi connectivity index (χ1n) is 10.0. The van der Waals surface area contributed by atoms with Gasteiger partial charge >= 0.3 is 5.97 Å². The molecule has 2 aliphatic rings. The molecule has 0 saturated carbocycles. The highest BCUT2D eigenvalue weighted by Gasteiger charge is 2.40. The lowest BCUT2D eigenvalue weighted by Gasteiger charge is -2.41. The molecule has 1 unspecified atom stereocenters. The zero-order chi connectivity index (χ0) is 19.6. The molecule has 0 spiro atoms. The third-order valence-electron chi connectivity index (χ3n) is 6.16. The van der Waals surface area contributed by atoms with Crippen molar-refractivity contribution < 1.29 is 14.3 Å². The maximum atomic E-state index is 12.7. The zero-order valence-electron chi connectivity index (χ0n) is 16.2. The number of likely N-dealkylation sites (tertiary alicyclic amines) is 1. The van der Waals surface area contributed by atoms with Gasteiger partial charge in [-0.2, -0.15) is 0 Å². The van der Waals surface area contributed by atoms with Gasteiger partial charge in [-0.3, -0.25) is 9.59 Å². The molecular weight excluding hydrogens is 372 g/mol. The van der Waals surface area contributed by atoms with E-state index >= 15 is 0 Å². The quantitative estimate of drug-likeness (QED) is 0.721. The van der Waals surface area contributed by atoms with E-state index in [4.69, 9.17) is 9.72 Å². The number of thiazole rings is 1. The summed E-state index contributed by atoms with van der Waals surface area (Å²) in [6.45, 7) is 3.98. The van der Waals surface area contributed by atoms with E-state index in [9.17, 15) is 9.59 Å². The Morgan fingerprint density at radius 2 is 2.04 bits per heavy atom. The van der Waals surface area contributed by atoms with Crippen molar-refractivity contribution in [2.45, 2.75) is 44.4 Å². The maximum absolute atomic E-state index is 12.7. The number of cyclic esters (lactones) is 1. The number of aryl methyl sites for hydroxylation is 1. The standard InChI is InChI=1S/C22H26N2O3S/c1-16-23-19(15-28-16)22(18-5-3-2-4-6-18)10-12-24(13-11-22)20(25)8-7-17-9-14-27-21(17)26/h2-6,15,17H,7-14H2,1H3. The highest BCUT2D eigenvalue weighted by atomic mass is 32.1. The lowest BCUT2D eigenvalue weighted by Crippen LogP contribution is -2.46. The van der Waals surface area contributed by atoms with Crippen LogP contribution >= 0.6 is 11.3 Å². The Morgan fingerprint density at radius 1 is 1.29 bits per heavy atom. The molecule has 0 aliphatic carbocycles. The molecule has 0 radical (unpaired) electrons. The van der Waals surface area contributed by atoms with Gasteiger partial charge in [0.05, 0.1) is 23.2 Å². The van der Waals surface area contributed by atoms with E-state index < -0.39 is 0 Å². The number of ether oxygens (including phenoxy) is 1. The number of hydrogen-bond acceptors (Lipinski definition) is 5. The van der Waals surface area contributed by atoms with E-state index in [-0.39, 0.29) is 23.2 Å². The molecule has 1 aromatic carbocycles. The Labute approximate surface area is 169 Å². The number of rotatable bonds is 5. The number of nitrogens with zero attached hydrogens (tertiary/aromatic N) is 2. The second-order valence-electron chi connectivity index (χ2n) is 7.77. The Morgan fingerprint density at radius 3 is 2.64 bits per heavy atom. The monoisotopic (exact) mass is 398 g/mol. The summed E-state index contributed by atoms with van der Waals surface area (Å²) in [6.07, 6.45) is 3.51. The fourth-order valence-corrected chi connectivity index (χ4v) is 5.14. The van der Waals surface area contributed by atoms with E-state index in [0.717, 1.165) is 43.1 Å². The lowest BCUT2D eigenvalue weighted by molar-refractivity contribution is -0.141. The van der Waals surface area contributed by atoms with E-state index in [1.165, 1.54) is 5.56 Å². The van der Waals surface area contributed by atoms with Gasteiger partial charge in [0, 0.05) is 30.3 Å². The van der Waals surface area contributed by atoms with Gasteiger partial charge in [0.25, 0.3) is 0 Å². The SMILES string of the molecule is Cc1nc(C2(c3ccccc3)CCN(C(=O)CCC3CCOC3=O)CC2)cs1. The normalized spacial score (nSPS) is 21.5. The third-order valence-corrected chi connectivity index (χ3v) is 6.93. The average Bonchev–Trinajstić information content (AvgIpc) is 3.35. The summed E-state index contributed by atoms with van der Waals surface area (Å²) in [6, 6.07) is 10.6. The largest absolute Gasteiger partial charge is 0.465 e. The van der Waals surface area contributed by atoms with Gasteiger partial charge in [0.15, 0.2) is 0 Å². The highest BCUT2D eigenvalue weighted by Crippen LogP contribution is 2.42. The molecule has 1 amide bonds. The van der Waals surface area contributed by atoms with Crippen molar-refractivity contribution in [2.75, 3.05) is 19.7 Å². The molecule has 148 valence electrons. The number of aromatic nitrogens is 1. The molecule has 1 aromatic heterocycles. The second kappa shape index (κ2) is 8.03. The van der Waals surface area contributed by atoms with Crippen LogP contribution in [0.15, 0.2) is 35.7 Å². The molecule has 6 heteroatoms. The van der Waals surface area contributed by atoms with E-state index in [0.29, 0.717) is 19.4 Å². The van der Waals surface area contributed by atoms with Crippen molar-refractivity contribution in [1.82, 2.24) is 9.88 Å². The van der Waals surface area contributed by atoms with Crippen LogP contribution in [0.5, 0.6) is 0 Å². The van der Waals surface area contributed by atoms with Crippen LogP contribution in [-0.4, -0.2) is 41.5 Å². The summed E-state index contributed by atoms with van der Waals surface area (Å²) in [7, 11) is 0. The summed E-state index contributed by atoms with van der Waals surface area (Å²) in [5, 5.41) is 3.25. The third kappa shape index (κ3) is 3.70. The number of amides is 1. The summed E-state index contributed by atoms with van der Waals surface area (Å²) >= 11 is 1.69. The molecular formula is C22H26N2O3S. The number of hydrogen-bond donors (Lipinski definition) is 0. The van der Waals surface area contributed by atoms with Gasteiger partial charge in [0.1, 0.15) is 0 Å². The fourth-order valence-electron chi connectivity index (χ4n) is 4.43. The number of benzene rings is 1. The minimum absolute atomic E-state index is 0.102. The molecule has 2 fully saturated rings. The Hall–Kier alpha value is -2.21. The van der Waals surface area contributed by atoms with Crippen molar-refractivity contribution >= 4 is 23.2 Å². The van der Waals surface area contributed by atoms with Crippen LogP contribution in [0.1, 0.15) is 48.4 Å². The van der Waals surface area contributed by atoms with Gasteiger partial charge in [0.2, 0.25) is 5.91 Å². The molecule has 2 saturated heterocycles. The number of carbonyl (C=O) groups excluding carboxylic acids is 2.